The van der Waals surface area contributed by atoms with Crippen LogP contribution < -0.4 is 10.1 Å². The lowest BCUT2D eigenvalue weighted by molar-refractivity contribution is -0.0487. The molecule has 1 aliphatic heterocycles. The minimum absolute atomic E-state index is 0.167. The van der Waals surface area contributed by atoms with Crippen molar-refractivity contribution in [2.75, 3.05) is 20.3 Å². The van der Waals surface area contributed by atoms with E-state index in [0.717, 1.165) is 38.2 Å². The molecule has 0 aromatic heterocycles. The van der Waals surface area contributed by atoms with Crippen molar-refractivity contribution < 1.29 is 9.47 Å². The van der Waals surface area contributed by atoms with E-state index in [9.17, 15) is 0 Å². The van der Waals surface area contributed by atoms with Gasteiger partial charge in [-0.25, -0.2) is 0 Å². The third kappa shape index (κ3) is 2.57. The number of ether oxygens (including phenoxy) is 2. The Bertz CT molecular complexity index is 432. The smallest absolute Gasteiger partial charge is 0.127 e. The van der Waals surface area contributed by atoms with Gasteiger partial charge in [0.2, 0.25) is 0 Å². The van der Waals surface area contributed by atoms with Crippen LogP contribution in [-0.4, -0.2) is 25.9 Å². The van der Waals surface area contributed by atoms with Crippen molar-refractivity contribution in [2.24, 2.45) is 0 Å². The molecule has 3 heteroatoms. The van der Waals surface area contributed by atoms with Gasteiger partial charge >= 0.3 is 0 Å². The normalized spacial score (nSPS) is 15.8. The van der Waals surface area contributed by atoms with E-state index < -0.39 is 0 Å². The van der Waals surface area contributed by atoms with E-state index in [-0.39, 0.29) is 11.6 Å². The maximum Gasteiger partial charge on any atom is 0.127 e. The molecule has 1 unspecified atom stereocenters. The first-order valence-electron chi connectivity index (χ1n) is 7.75. The number of hydrogen-bond acceptors (Lipinski definition) is 3. The predicted molar refractivity (Wildman–Crippen MR) is 82.4 cm³/mol. The Morgan fingerprint density at radius 1 is 1.30 bits per heavy atom. The summed E-state index contributed by atoms with van der Waals surface area (Å²) in [5.41, 5.74) is 2.38. The van der Waals surface area contributed by atoms with Gasteiger partial charge in [-0.15, -0.1) is 0 Å². The number of likely N-dealkylation sites (N-methyl/N-ethyl adjacent to an activating group) is 1. The lowest BCUT2D eigenvalue weighted by Gasteiger charge is -2.39. The van der Waals surface area contributed by atoms with Crippen LogP contribution in [0.15, 0.2) is 18.2 Å². The number of para-hydroxylation sites is 1. The summed E-state index contributed by atoms with van der Waals surface area (Å²) in [6.45, 7) is 8.24. The van der Waals surface area contributed by atoms with Crippen LogP contribution in [0.25, 0.3) is 0 Å². The van der Waals surface area contributed by atoms with E-state index in [1.54, 1.807) is 0 Å². The number of fused-ring (bicyclic) bond motifs is 1. The number of benzene rings is 1. The highest BCUT2D eigenvalue weighted by Crippen LogP contribution is 2.41. The van der Waals surface area contributed by atoms with E-state index in [4.69, 9.17) is 9.47 Å². The fourth-order valence-corrected chi connectivity index (χ4v) is 3.32. The summed E-state index contributed by atoms with van der Waals surface area (Å²) in [6.07, 6.45) is 2.96. The van der Waals surface area contributed by atoms with Crippen molar-refractivity contribution in [3.05, 3.63) is 29.3 Å². The Morgan fingerprint density at radius 2 is 2.05 bits per heavy atom. The first-order valence-corrected chi connectivity index (χ1v) is 7.75. The Labute approximate surface area is 122 Å². The molecule has 1 heterocycles. The van der Waals surface area contributed by atoms with E-state index in [2.05, 4.69) is 44.3 Å². The predicted octanol–water partition coefficient (Wildman–Crippen LogP) is 3.48. The van der Waals surface area contributed by atoms with Crippen LogP contribution >= 0.6 is 0 Å². The van der Waals surface area contributed by atoms with Gasteiger partial charge in [0.05, 0.1) is 18.2 Å². The zero-order valence-corrected chi connectivity index (χ0v) is 13.2. The summed E-state index contributed by atoms with van der Waals surface area (Å²) in [5, 5.41) is 3.62. The van der Waals surface area contributed by atoms with E-state index >= 15 is 0 Å². The quantitative estimate of drug-likeness (QED) is 0.827. The van der Waals surface area contributed by atoms with Gasteiger partial charge in [0.15, 0.2) is 0 Å². The van der Waals surface area contributed by atoms with Crippen molar-refractivity contribution in [3.63, 3.8) is 0 Å². The van der Waals surface area contributed by atoms with E-state index in [1.807, 2.05) is 7.11 Å². The molecule has 0 spiro atoms. The van der Waals surface area contributed by atoms with E-state index in [0.29, 0.717) is 0 Å². The molecule has 1 aromatic rings. The van der Waals surface area contributed by atoms with Crippen LogP contribution in [0.4, 0.5) is 0 Å². The molecule has 0 bridgehead atoms. The largest absolute Gasteiger partial charge is 0.493 e. The lowest BCUT2D eigenvalue weighted by atomic mass is 9.82. The summed E-state index contributed by atoms with van der Waals surface area (Å²) in [4.78, 5) is 0. The molecule has 0 aliphatic carbocycles. The zero-order chi connectivity index (χ0) is 14.6. The molecule has 0 fully saturated rings. The Kier molecular flexibility index (Phi) is 5.06. The third-order valence-corrected chi connectivity index (χ3v) is 4.59. The number of methoxy groups -OCH3 is 1. The summed E-state index contributed by atoms with van der Waals surface area (Å²) < 4.78 is 11.8. The highest BCUT2D eigenvalue weighted by Gasteiger charge is 2.38. The number of rotatable bonds is 7. The number of nitrogens with one attached hydrogen (secondary N) is 1. The zero-order valence-electron chi connectivity index (χ0n) is 13.2. The molecule has 2 rings (SSSR count). The molecule has 0 amide bonds. The van der Waals surface area contributed by atoms with Crippen LogP contribution in [0.3, 0.4) is 0 Å². The van der Waals surface area contributed by atoms with E-state index in [1.165, 1.54) is 11.1 Å². The van der Waals surface area contributed by atoms with Crippen LogP contribution in [-0.2, 0) is 11.2 Å². The molecule has 112 valence electrons. The lowest BCUT2D eigenvalue weighted by Crippen LogP contribution is -2.45. The minimum atomic E-state index is -0.183. The molecular formula is C17H27NO2. The van der Waals surface area contributed by atoms with Gasteiger partial charge in [0, 0.05) is 19.1 Å². The minimum Gasteiger partial charge on any atom is -0.493 e. The van der Waals surface area contributed by atoms with Crippen LogP contribution in [0.5, 0.6) is 5.75 Å². The summed E-state index contributed by atoms with van der Waals surface area (Å²) in [5.74, 6) is 1.07. The first kappa shape index (κ1) is 15.3. The average molecular weight is 277 g/mol. The maximum absolute atomic E-state index is 5.95. The molecule has 0 radical (unpaired) electrons. The second kappa shape index (κ2) is 6.59. The Hall–Kier alpha value is -1.06. The van der Waals surface area contributed by atoms with Crippen LogP contribution in [0.2, 0.25) is 0 Å². The van der Waals surface area contributed by atoms with Gasteiger partial charge in [-0.1, -0.05) is 39.0 Å². The van der Waals surface area contributed by atoms with Gasteiger partial charge in [-0.2, -0.15) is 0 Å². The maximum atomic E-state index is 5.95. The Morgan fingerprint density at radius 3 is 2.65 bits per heavy atom. The molecule has 20 heavy (non-hydrogen) atoms. The van der Waals surface area contributed by atoms with Crippen molar-refractivity contribution in [1.29, 1.82) is 0 Å². The molecule has 1 aliphatic rings. The monoisotopic (exact) mass is 277 g/mol. The molecule has 1 N–H and O–H groups in total. The third-order valence-electron chi connectivity index (χ3n) is 4.59. The second-order valence-electron chi connectivity index (χ2n) is 5.40. The molecule has 0 saturated carbocycles. The SMILES string of the molecule is CCNC(c1cccc2c1OCC2)C(CC)(CC)OC. The highest BCUT2D eigenvalue weighted by atomic mass is 16.5. The van der Waals surface area contributed by atoms with Crippen molar-refractivity contribution >= 4 is 0 Å². The van der Waals surface area contributed by atoms with Crippen molar-refractivity contribution in [1.82, 2.24) is 5.32 Å². The van der Waals surface area contributed by atoms with Crippen molar-refractivity contribution in [3.8, 4) is 5.75 Å². The molecular weight excluding hydrogens is 250 g/mol. The van der Waals surface area contributed by atoms with Gasteiger partial charge in [0.1, 0.15) is 5.75 Å². The fourth-order valence-electron chi connectivity index (χ4n) is 3.32. The van der Waals surface area contributed by atoms with Crippen LogP contribution in [0, 0.1) is 0 Å². The van der Waals surface area contributed by atoms with Crippen LogP contribution in [0.1, 0.15) is 50.8 Å². The van der Waals surface area contributed by atoms with Gasteiger partial charge in [-0.3, -0.25) is 0 Å². The molecule has 3 nitrogen and oxygen atoms in total. The fraction of sp³-hybridized carbons (Fsp3) is 0.647. The van der Waals surface area contributed by atoms with Crippen molar-refractivity contribution in [2.45, 2.75) is 51.7 Å². The topological polar surface area (TPSA) is 30.5 Å². The van der Waals surface area contributed by atoms with Gasteiger partial charge in [0.25, 0.3) is 0 Å². The Balaban J connectivity index is 2.46. The average Bonchev–Trinajstić information content (AvgIpc) is 2.97. The van der Waals surface area contributed by atoms with Gasteiger partial charge < -0.3 is 14.8 Å². The van der Waals surface area contributed by atoms with Gasteiger partial charge in [-0.05, 0) is 24.9 Å². The summed E-state index contributed by atoms with van der Waals surface area (Å²) in [7, 11) is 1.82. The summed E-state index contributed by atoms with van der Waals surface area (Å²) >= 11 is 0. The molecule has 0 saturated heterocycles. The molecule has 1 atom stereocenters. The second-order valence-corrected chi connectivity index (χ2v) is 5.40. The first-order chi connectivity index (χ1) is 9.72. The standard InChI is InChI=1S/C17H27NO2/c1-5-17(6-2,19-4)16(18-7-3)14-10-8-9-13-11-12-20-15(13)14/h8-10,16,18H,5-7,11-12H2,1-4H3. The summed E-state index contributed by atoms with van der Waals surface area (Å²) in [6, 6.07) is 6.65. The molecule has 1 aromatic carbocycles. The highest BCUT2D eigenvalue weighted by molar-refractivity contribution is 5.46. The number of hydrogen-bond donors (Lipinski definition) is 1.